The number of hydrogen-bond acceptors (Lipinski definition) is 6. The second kappa shape index (κ2) is 8.05. The summed E-state index contributed by atoms with van der Waals surface area (Å²) in [5, 5.41) is 12.3. The van der Waals surface area contributed by atoms with Crippen molar-refractivity contribution in [2.45, 2.75) is 51.1 Å². The molecule has 0 spiro atoms. The summed E-state index contributed by atoms with van der Waals surface area (Å²) in [6, 6.07) is 0.133. The van der Waals surface area contributed by atoms with Gasteiger partial charge in [-0.05, 0) is 50.2 Å². The third-order valence-corrected chi connectivity index (χ3v) is 6.04. The van der Waals surface area contributed by atoms with E-state index in [0.29, 0.717) is 18.4 Å². The smallest absolute Gasteiger partial charge is 0.246 e. The molecule has 4 heterocycles. The van der Waals surface area contributed by atoms with Gasteiger partial charge in [-0.3, -0.25) is 9.48 Å². The van der Waals surface area contributed by atoms with Gasteiger partial charge in [0.2, 0.25) is 11.9 Å². The van der Waals surface area contributed by atoms with E-state index >= 15 is 0 Å². The highest BCUT2D eigenvalue weighted by molar-refractivity contribution is 5.92. The molecule has 3 aromatic rings. The lowest BCUT2D eigenvalue weighted by molar-refractivity contribution is -0.127. The monoisotopic (exact) mass is 420 g/mol. The van der Waals surface area contributed by atoms with Crippen molar-refractivity contribution < 1.29 is 4.79 Å². The topological polar surface area (TPSA) is 104 Å². The van der Waals surface area contributed by atoms with Crippen molar-refractivity contribution in [2.24, 2.45) is 0 Å². The first-order valence-electron chi connectivity index (χ1n) is 11.0. The van der Waals surface area contributed by atoms with Crippen LogP contribution in [0.15, 0.2) is 31.2 Å². The number of amides is 1. The highest BCUT2D eigenvalue weighted by Crippen LogP contribution is 2.44. The van der Waals surface area contributed by atoms with Crippen molar-refractivity contribution in [1.82, 2.24) is 29.6 Å². The molecule has 1 atom stereocenters. The minimum atomic E-state index is -0.0186. The Morgan fingerprint density at radius 2 is 2.23 bits per heavy atom. The van der Waals surface area contributed by atoms with Crippen LogP contribution in [0.2, 0.25) is 0 Å². The zero-order valence-electron chi connectivity index (χ0n) is 17.8. The fourth-order valence-corrected chi connectivity index (χ4v) is 4.28. The predicted octanol–water partition coefficient (Wildman–Crippen LogP) is 3.38. The summed E-state index contributed by atoms with van der Waals surface area (Å²) in [6.07, 6.45) is 11.5. The van der Waals surface area contributed by atoms with E-state index in [1.807, 2.05) is 22.7 Å². The summed E-state index contributed by atoms with van der Waals surface area (Å²) in [6.45, 7) is 7.89. The Balaban J connectivity index is 1.46. The van der Waals surface area contributed by atoms with Crippen LogP contribution in [0, 0.1) is 0 Å². The molecule has 1 aliphatic heterocycles. The van der Waals surface area contributed by atoms with Crippen molar-refractivity contribution in [3.05, 3.63) is 36.8 Å². The lowest BCUT2D eigenvalue weighted by Crippen LogP contribution is -2.44. The number of aryl methyl sites for hydroxylation is 1. The maximum atomic E-state index is 12.1. The van der Waals surface area contributed by atoms with Crippen molar-refractivity contribution >= 4 is 34.4 Å². The van der Waals surface area contributed by atoms with E-state index in [-0.39, 0.29) is 11.9 Å². The molecule has 3 N–H and O–H groups in total. The normalized spacial score (nSPS) is 18.9. The largest absolute Gasteiger partial charge is 0.365 e. The molecule has 2 aliphatic rings. The second-order valence-electron chi connectivity index (χ2n) is 8.32. The summed E-state index contributed by atoms with van der Waals surface area (Å²) in [5.41, 5.74) is 2.94. The zero-order valence-corrected chi connectivity index (χ0v) is 17.8. The molecule has 9 nitrogen and oxygen atoms in total. The van der Waals surface area contributed by atoms with E-state index in [1.54, 1.807) is 6.20 Å². The highest BCUT2D eigenvalue weighted by atomic mass is 16.2. The number of aromatic amines is 1. The number of aromatic nitrogens is 5. The van der Waals surface area contributed by atoms with E-state index in [1.165, 1.54) is 24.5 Å². The van der Waals surface area contributed by atoms with Gasteiger partial charge in [-0.25, -0.2) is 0 Å². The Kier molecular flexibility index (Phi) is 5.09. The van der Waals surface area contributed by atoms with E-state index in [0.717, 1.165) is 48.5 Å². The van der Waals surface area contributed by atoms with E-state index in [4.69, 9.17) is 9.97 Å². The molecule has 31 heavy (non-hydrogen) atoms. The fraction of sp³-hybridized carbons (Fsp3) is 0.455. The van der Waals surface area contributed by atoms with Gasteiger partial charge in [0, 0.05) is 38.1 Å². The lowest BCUT2D eigenvalue weighted by atomic mass is 10.0. The molecular weight excluding hydrogens is 392 g/mol. The third-order valence-electron chi connectivity index (χ3n) is 6.04. The van der Waals surface area contributed by atoms with Crippen LogP contribution in [0.25, 0.3) is 11.0 Å². The number of hydrogen-bond donors (Lipinski definition) is 3. The van der Waals surface area contributed by atoms with Crippen molar-refractivity contribution in [3.8, 4) is 0 Å². The average Bonchev–Trinajstić information content (AvgIpc) is 3.38. The molecule has 0 radical (unpaired) electrons. The van der Waals surface area contributed by atoms with Crippen LogP contribution in [0.5, 0.6) is 0 Å². The lowest BCUT2D eigenvalue weighted by Gasteiger charge is -2.33. The van der Waals surface area contributed by atoms with Gasteiger partial charge in [-0.1, -0.05) is 6.58 Å². The first-order chi connectivity index (χ1) is 15.1. The number of fused-ring (bicyclic) bond motifs is 1. The number of carbonyl (C=O) groups is 1. The van der Waals surface area contributed by atoms with Gasteiger partial charge >= 0.3 is 0 Å². The Labute approximate surface area is 180 Å². The predicted molar refractivity (Wildman–Crippen MR) is 120 cm³/mol. The second-order valence-corrected chi connectivity index (χ2v) is 8.32. The van der Waals surface area contributed by atoms with Crippen LogP contribution in [0.1, 0.15) is 44.1 Å². The highest BCUT2D eigenvalue weighted by Gasteiger charge is 2.30. The molecule has 0 unspecified atom stereocenters. The van der Waals surface area contributed by atoms with Crippen LogP contribution in [-0.4, -0.2) is 54.7 Å². The van der Waals surface area contributed by atoms with Crippen molar-refractivity contribution in [3.63, 3.8) is 0 Å². The Morgan fingerprint density at radius 3 is 2.97 bits per heavy atom. The molecule has 0 bridgehead atoms. The fourth-order valence-electron chi connectivity index (χ4n) is 4.28. The summed E-state index contributed by atoms with van der Waals surface area (Å²) < 4.78 is 1.85. The van der Waals surface area contributed by atoms with Gasteiger partial charge < -0.3 is 20.5 Å². The summed E-state index contributed by atoms with van der Waals surface area (Å²) in [4.78, 5) is 26.8. The van der Waals surface area contributed by atoms with Gasteiger partial charge in [-0.2, -0.15) is 15.1 Å². The van der Waals surface area contributed by atoms with Crippen LogP contribution in [0.4, 0.5) is 17.5 Å². The van der Waals surface area contributed by atoms with Crippen LogP contribution in [-0.2, 0) is 11.3 Å². The first-order valence-corrected chi connectivity index (χ1v) is 11.0. The Morgan fingerprint density at radius 1 is 1.35 bits per heavy atom. The number of nitrogens with zero attached hydrogens (tertiary/aromatic N) is 5. The molecule has 3 aromatic heterocycles. The molecule has 1 amide bonds. The van der Waals surface area contributed by atoms with Gasteiger partial charge in [-0.15, -0.1) is 0 Å². The summed E-state index contributed by atoms with van der Waals surface area (Å²) in [7, 11) is 0. The Hall–Kier alpha value is -3.36. The van der Waals surface area contributed by atoms with Gasteiger partial charge in [0.1, 0.15) is 11.5 Å². The zero-order chi connectivity index (χ0) is 21.4. The first kappa shape index (κ1) is 19.6. The number of likely N-dealkylation sites (tertiary alicyclic amines) is 1. The number of rotatable bonds is 7. The van der Waals surface area contributed by atoms with E-state index in [9.17, 15) is 4.79 Å². The maximum Gasteiger partial charge on any atom is 0.246 e. The molecule has 0 aromatic carbocycles. The number of nitrogens with one attached hydrogen (secondary N) is 3. The molecule has 1 saturated carbocycles. The molecule has 1 saturated heterocycles. The molecular formula is C22H28N8O. The van der Waals surface area contributed by atoms with E-state index < -0.39 is 0 Å². The number of piperidine rings is 1. The maximum absolute atomic E-state index is 12.1. The number of carbonyl (C=O) groups excluding carboxylic acids is 1. The minimum absolute atomic E-state index is 0.0186. The van der Waals surface area contributed by atoms with Crippen LogP contribution < -0.4 is 10.6 Å². The molecule has 2 fully saturated rings. The van der Waals surface area contributed by atoms with Gasteiger partial charge in [0.15, 0.2) is 0 Å². The van der Waals surface area contributed by atoms with Gasteiger partial charge in [0.25, 0.3) is 0 Å². The number of H-pyrrole nitrogens is 1. The standard InChI is InChI=1S/C22H28N8O/c1-3-18(31)29-9-5-6-15(12-29)25-21-19-17(14-7-8-14)11-23-20(19)27-22(28-21)26-16-10-24-30(4-2)13-16/h3,10-11,13-15H,1,4-9,12H2,2H3,(H3,23,25,26,27,28)/t15-/m1/s1. The molecule has 162 valence electrons. The van der Waals surface area contributed by atoms with Crippen LogP contribution >= 0.6 is 0 Å². The quantitative estimate of drug-likeness (QED) is 0.506. The van der Waals surface area contributed by atoms with Crippen molar-refractivity contribution in [1.29, 1.82) is 0 Å². The minimum Gasteiger partial charge on any atom is -0.365 e. The number of anilines is 3. The summed E-state index contributed by atoms with van der Waals surface area (Å²) in [5.74, 6) is 1.89. The van der Waals surface area contributed by atoms with Crippen LogP contribution in [0.3, 0.4) is 0 Å². The third kappa shape index (κ3) is 3.99. The summed E-state index contributed by atoms with van der Waals surface area (Å²) >= 11 is 0. The molecule has 5 rings (SSSR count). The average molecular weight is 421 g/mol. The SMILES string of the molecule is C=CC(=O)N1CCC[C@@H](Nc2nc(Nc3cnn(CC)c3)nc3[nH]cc(C4CC4)c23)C1. The van der Waals surface area contributed by atoms with Crippen molar-refractivity contribution in [2.75, 3.05) is 23.7 Å². The molecule has 1 aliphatic carbocycles. The van der Waals surface area contributed by atoms with E-state index in [2.05, 4.69) is 33.5 Å². The Bertz CT molecular complexity index is 1110. The molecule has 9 heteroatoms. The van der Waals surface area contributed by atoms with Gasteiger partial charge in [0.05, 0.1) is 17.3 Å².